The fourth-order valence-electron chi connectivity index (χ4n) is 1.84. The lowest BCUT2D eigenvalue weighted by Crippen LogP contribution is -2.31. The SMILES string of the molecule is CON1C(=O)N2CCCC1C2. The summed E-state index contributed by atoms with van der Waals surface area (Å²) in [5, 5.41) is 1.49. The van der Waals surface area contributed by atoms with E-state index in [-0.39, 0.29) is 6.03 Å². The van der Waals surface area contributed by atoms with Crippen molar-refractivity contribution >= 4 is 6.03 Å². The van der Waals surface area contributed by atoms with Crippen LogP contribution in [0.4, 0.5) is 4.79 Å². The summed E-state index contributed by atoms with van der Waals surface area (Å²) < 4.78 is 0. The summed E-state index contributed by atoms with van der Waals surface area (Å²) in [5.41, 5.74) is 0. The van der Waals surface area contributed by atoms with Gasteiger partial charge in [-0.2, -0.15) is 5.06 Å². The van der Waals surface area contributed by atoms with Gasteiger partial charge < -0.3 is 4.90 Å². The zero-order valence-corrected chi connectivity index (χ0v) is 6.62. The number of carbonyl (C=O) groups is 1. The summed E-state index contributed by atoms with van der Waals surface area (Å²) in [6.07, 6.45) is 2.19. The predicted octanol–water partition coefficient (Wildman–Crippen LogP) is 0.448. The quantitative estimate of drug-likeness (QED) is 0.552. The number of hydrogen-bond acceptors (Lipinski definition) is 2. The van der Waals surface area contributed by atoms with Gasteiger partial charge in [-0.05, 0) is 12.8 Å². The number of carbonyl (C=O) groups excluding carboxylic acids is 1. The largest absolute Gasteiger partial charge is 0.344 e. The van der Waals surface area contributed by atoms with Gasteiger partial charge in [0.15, 0.2) is 0 Å². The summed E-state index contributed by atoms with van der Waals surface area (Å²) in [4.78, 5) is 18.2. The van der Waals surface area contributed by atoms with E-state index < -0.39 is 0 Å². The highest BCUT2D eigenvalue weighted by atomic mass is 16.7. The number of amides is 2. The maximum Gasteiger partial charge on any atom is 0.344 e. The maximum absolute atomic E-state index is 11.3. The molecule has 0 N–H and O–H groups in total. The lowest BCUT2D eigenvalue weighted by molar-refractivity contribution is -0.0997. The highest BCUT2D eigenvalue weighted by Crippen LogP contribution is 2.24. The second kappa shape index (κ2) is 2.37. The predicted molar refractivity (Wildman–Crippen MR) is 38.8 cm³/mol. The molecule has 0 aromatic carbocycles. The molecular formula is C7H12N2O2. The molecule has 0 saturated carbocycles. The zero-order valence-electron chi connectivity index (χ0n) is 6.62. The lowest BCUT2D eigenvalue weighted by atomic mass is 10.1. The van der Waals surface area contributed by atoms with Crippen molar-refractivity contribution in [2.45, 2.75) is 18.9 Å². The fourth-order valence-corrected chi connectivity index (χ4v) is 1.84. The highest BCUT2D eigenvalue weighted by Gasteiger charge is 2.40. The normalized spacial score (nSPS) is 29.9. The molecule has 0 spiro atoms. The summed E-state index contributed by atoms with van der Waals surface area (Å²) in [5.74, 6) is 0. The van der Waals surface area contributed by atoms with Crippen LogP contribution in [0.25, 0.3) is 0 Å². The molecule has 0 aromatic rings. The van der Waals surface area contributed by atoms with Crippen molar-refractivity contribution in [2.24, 2.45) is 0 Å². The molecule has 2 aliphatic rings. The van der Waals surface area contributed by atoms with Gasteiger partial charge in [0.25, 0.3) is 0 Å². The molecule has 11 heavy (non-hydrogen) atoms. The van der Waals surface area contributed by atoms with E-state index in [0.29, 0.717) is 6.04 Å². The third-order valence-electron chi connectivity index (χ3n) is 2.38. The number of rotatable bonds is 1. The van der Waals surface area contributed by atoms with Crippen LogP contribution in [0.3, 0.4) is 0 Å². The molecule has 2 aliphatic heterocycles. The Hall–Kier alpha value is -0.770. The third-order valence-corrected chi connectivity index (χ3v) is 2.38. The van der Waals surface area contributed by atoms with Gasteiger partial charge in [0.05, 0.1) is 13.2 Å². The van der Waals surface area contributed by atoms with Crippen LogP contribution in [-0.4, -0.2) is 42.2 Å². The van der Waals surface area contributed by atoms with E-state index in [1.807, 2.05) is 4.90 Å². The van der Waals surface area contributed by atoms with Crippen molar-refractivity contribution in [1.29, 1.82) is 0 Å². The first kappa shape index (κ1) is 6.91. The molecule has 0 radical (unpaired) electrons. The molecule has 4 heteroatoms. The minimum Gasteiger partial charge on any atom is -0.321 e. The standard InChI is InChI=1S/C7H12N2O2/c1-11-9-6-3-2-4-8(5-6)7(9)10/h6H,2-5H2,1H3. The average Bonchev–Trinajstić information content (AvgIpc) is 2.25. The molecule has 2 rings (SSSR count). The maximum atomic E-state index is 11.3. The van der Waals surface area contributed by atoms with Crippen molar-refractivity contribution in [3.05, 3.63) is 0 Å². The van der Waals surface area contributed by atoms with Crippen LogP contribution in [0.2, 0.25) is 0 Å². The van der Waals surface area contributed by atoms with E-state index in [0.717, 1.165) is 25.9 Å². The first-order valence-electron chi connectivity index (χ1n) is 3.95. The second-order valence-corrected chi connectivity index (χ2v) is 3.03. The molecule has 1 unspecified atom stereocenters. The molecule has 2 saturated heterocycles. The van der Waals surface area contributed by atoms with Gasteiger partial charge in [0, 0.05) is 13.1 Å². The number of fused-ring (bicyclic) bond motifs is 2. The van der Waals surface area contributed by atoms with Gasteiger partial charge in [0.1, 0.15) is 0 Å². The Morgan fingerprint density at radius 3 is 3.09 bits per heavy atom. The van der Waals surface area contributed by atoms with Crippen LogP contribution in [0.5, 0.6) is 0 Å². The van der Waals surface area contributed by atoms with Gasteiger partial charge in [-0.25, -0.2) is 4.79 Å². The Morgan fingerprint density at radius 2 is 2.45 bits per heavy atom. The monoisotopic (exact) mass is 156 g/mol. The van der Waals surface area contributed by atoms with E-state index in [1.54, 1.807) is 7.11 Å². The van der Waals surface area contributed by atoms with E-state index in [9.17, 15) is 4.79 Å². The van der Waals surface area contributed by atoms with Crippen molar-refractivity contribution in [3.8, 4) is 0 Å². The van der Waals surface area contributed by atoms with Crippen molar-refractivity contribution in [2.75, 3.05) is 20.2 Å². The number of urea groups is 1. The molecule has 2 bridgehead atoms. The van der Waals surface area contributed by atoms with Gasteiger partial charge in [-0.15, -0.1) is 0 Å². The number of hydrogen-bond donors (Lipinski definition) is 0. The van der Waals surface area contributed by atoms with Crippen LogP contribution in [-0.2, 0) is 4.84 Å². The van der Waals surface area contributed by atoms with Crippen LogP contribution in [0.1, 0.15) is 12.8 Å². The van der Waals surface area contributed by atoms with Crippen molar-refractivity contribution in [3.63, 3.8) is 0 Å². The first-order chi connectivity index (χ1) is 5.33. The number of piperidine rings is 1. The molecule has 2 heterocycles. The number of nitrogens with zero attached hydrogens (tertiary/aromatic N) is 2. The minimum absolute atomic E-state index is 0.0370. The molecule has 2 fully saturated rings. The van der Waals surface area contributed by atoms with Crippen molar-refractivity contribution < 1.29 is 9.63 Å². The van der Waals surface area contributed by atoms with E-state index >= 15 is 0 Å². The number of hydroxylamine groups is 2. The summed E-state index contributed by atoms with van der Waals surface area (Å²) in [6, 6.07) is 0.344. The van der Waals surface area contributed by atoms with Crippen LogP contribution in [0.15, 0.2) is 0 Å². The van der Waals surface area contributed by atoms with Gasteiger partial charge in [-0.3, -0.25) is 4.84 Å². The smallest absolute Gasteiger partial charge is 0.321 e. The molecular weight excluding hydrogens is 144 g/mol. The summed E-state index contributed by atoms with van der Waals surface area (Å²) in [6.45, 7) is 1.75. The van der Waals surface area contributed by atoms with Gasteiger partial charge in [-0.1, -0.05) is 0 Å². The molecule has 4 nitrogen and oxygen atoms in total. The Balaban J connectivity index is 2.17. The molecule has 62 valence electrons. The van der Waals surface area contributed by atoms with Gasteiger partial charge in [0.2, 0.25) is 0 Å². The minimum atomic E-state index is 0.0370. The Kier molecular flexibility index (Phi) is 1.49. The summed E-state index contributed by atoms with van der Waals surface area (Å²) >= 11 is 0. The molecule has 1 atom stereocenters. The van der Waals surface area contributed by atoms with E-state index in [1.165, 1.54) is 5.06 Å². The molecule has 2 amide bonds. The first-order valence-corrected chi connectivity index (χ1v) is 3.95. The summed E-state index contributed by atoms with van der Waals surface area (Å²) in [7, 11) is 1.56. The Labute approximate surface area is 65.7 Å². The van der Waals surface area contributed by atoms with Gasteiger partial charge >= 0.3 is 6.03 Å². The van der Waals surface area contributed by atoms with E-state index in [4.69, 9.17) is 4.84 Å². The van der Waals surface area contributed by atoms with Crippen LogP contribution in [0, 0.1) is 0 Å². The highest BCUT2D eigenvalue weighted by molar-refractivity contribution is 5.76. The zero-order chi connectivity index (χ0) is 7.84. The van der Waals surface area contributed by atoms with Crippen LogP contribution < -0.4 is 0 Å². The average molecular weight is 156 g/mol. The van der Waals surface area contributed by atoms with E-state index in [2.05, 4.69) is 0 Å². The Bertz CT molecular complexity index is 183. The molecule has 0 aliphatic carbocycles. The fraction of sp³-hybridized carbons (Fsp3) is 0.857. The lowest BCUT2D eigenvalue weighted by Gasteiger charge is -2.20. The third kappa shape index (κ3) is 0.894. The Morgan fingerprint density at radius 1 is 1.64 bits per heavy atom. The topological polar surface area (TPSA) is 32.8 Å². The van der Waals surface area contributed by atoms with Crippen molar-refractivity contribution in [1.82, 2.24) is 9.96 Å². The second-order valence-electron chi connectivity index (χ2n) is 3.03. The molecule has 0 aromatic heterocycles. The van der Waals surface area contributed by atoms with Crippen LogP contribution >= 0.6 is 0 Å².